The first-order valence-corrected chi connectivity index (χ1v) is 4.73. The molecule has 0 fully saturated rings. The van der Waals surface area contributed by atoms with E-state index in [0.29, 0.717) is 6.54 Å². The summed E-state index contributed by atoms with van der Waals surface area (Å²) >= 11 is 0. The summed E-state index contributed by atoms with van der Waals surface area (Å²) in [5.41, 5.74) is 1.04. The second kappa shape index (κ2) is 7.34. The third-order valence-electron chi connectivity index (χ3n) is 1.60. The molecular formula is C10H17N2OP. The molecule has 0 amide bonds. The van der Waals surface area contributed by atoms with Crippen LogP contribution in [0, 0.1) is 5.41 Å². The van der Waals surface area contributed by atoms with Crippen molar-refractivity contribution in [2.75, 3.05) is 13.7 Å². The van der Waals surface area contributed by atoms with Crippen molar-refractivity contribution in [2.24, 2.45) is 0 Å². The minimum absolute atomic E-state index is 0.237. The fourth-order valence-corrected chi connectivity index (χ4v) is 0.965. The topological polar surface area (TPSA) is 36.3 Å². The van der Waals surface area contributed by atoms with Crippen molar-refractivity contribution in [3.8, 4) is 0 Å². The Morgan fingerprint density at radius 2 is 2.21 bits per heavy atom. The molecule has 1 atom stereocenters. The van der Waals surface area contributed by atoms with Crippen LogP contribution in [0.3, 0.4) is 0 Å². The van der Waals surface area contributed by atoms with E-state index in [2.05, 4.69) is 16.0 Å². The van der Waals surface area contributed by atoms with E-state index in [9.17, 15) is 0 Å². The number of hydrogen-bond acceptors (Lipinski definition) is 3. The van der Waals surface area contributed by atoms with Crippen LogP contribution in [0.5, 0.6) is 0 Å². The van der Waals surface area contributed by atoms with E-state index in [-0.39, 0.29) is 5.90 Å². The fourth-order valence-electron chi connectivity index (χ4n) is 0.713. The highest BCUT2D eigenvalue weighted by molar-refractivity contribution is 7.13. The number of hydrogen-bond donors (Lipinski definition) is 1. The van der Waals surface area contributed by atoms with Crippen LogP contribution in [0.1, 0.15) is 6.92 Å². The summed E-state index contributed by atoms with van der Waals surface area (Å²) in [6, 6.07) is 0. The highest BCUT2D eigenvalue weighted by Crippen LogP contribution is 2.09. The van der Waals surface area contributed by atoms with Gasteiger partial charge in [-0.25, -0.2) is 0 Å². The van der Waals surface area contributed by atoms with E-state index in [0.717, 1.165) is 5.70 Å². The first-order valence-electron chi connectivity index (χ1n) is 4.21. The van der Waals surface area contributed by atoms with Gasteiger partial charge in [0.25, 0.3) is 0 Å². The van der Waals surface area contributed by atoms with Crippen molar-refractivity contribution in [1.82, 2.24) is 4.67 Å². The zero-order chi connectivity index (χ0) is 11.0. The lowest BCUT2D eigenvalue weighted by Crippen LogP contribution is -2.19. The fraction of sp³-hybridized carbons (Fsp3) is 0.300. The highest BCUT2D eigenvalue weighted by atomic mass is 31.0. The van der Waals surface area contributed by atoms with Crippen LogP contribution in [0.4, 0.5) is 0 Å². The van der Waals surface area contributed by atoms with Crippen molar-refractivity contribution in [1.29, 1.82) is 5.41 Å². The molecule has 0 aromatic carbocycles. The molecule has 0 bridgehead atoms. The van der Waals surface area contributed by atoms with E-state index < -0.39 is 0 Å². The van der Waals surface area contributed by atoms with E-state index in [1.54, 1.807) is 6.08 Å². The molecule has 78 valence electrons. The first kappa shape index (κ1) is 12.9. The standard InChI is InChI=1S/C10H17N2OP/c1-4-5-6-7-9(2)12(14)8-10(11)13-3/h4-7,11H,1,8,14H2,2-3H3/b6-5-,9-7+,11-10?. The quantitative estimate of drug-likeness (QED) is 0.328. The zero-order valence-corrected chi connectivity index (χ0v) is 9.81. The Hall–Kier alpha value is -1.08. The predicted octanol–water partition coefficient (Wildman–Crippen LogP) is 2.35. The summed E-state index contributed by atoms with van der Waals surface area (Å²) < 4.78 is 6.62. The van der Waals surface area contributed by atoms with Gasteiger partial charge in [-0.3, -0.25) is 5.41 Å². The lowest BCUT2D eigenvalue weighted by molar-refractivity contribution is 0.377. The number of rotatable bonds is 5. The van der Waals surface area contributed by atoms with Crippen LogP contribution >= 0.6 is 9.39 Å². The van der Waals surface area contributed by atoms with Crippen LogP contribution in [0.15, 0.2) is 36.6 Å². The molecule has 0 heterocycles. The van der Waals surface area contributed by atoms with E-state index in [1.165, 1.54) is 7.11 Å². The van der Waals surface area contributed by atoms with Gasteiger partial charge >= 0.3 is 0 Å². The van der Waals surface area contributed by atoms with Crippen LogP contribution in [0.25, 0.3) is 0 Å². The van der Waals surface area contributed by atoms with Crippen molar-refractivity contribution in [3.63, 3.8) is 0 Å². The molecule has 14 heavy (non-hydrogen) atoms. The van der Waals surface area contributed by atoms with Gasteiger partial charge in [0.15, 0.2) is 0 Å². The Labute approximate surface area is 87.9 Å². The van der Waals surface area contributed by atoms with E-state index in [1.807, 2.05) is 29.8 Å². The van der Waals surface area contributed by atoms with E-state index >= 15 is 0 Å². The summed E-state index contributed by atoms with van der Waals surface area (Å²) in [5.74, 6) is 0.237. The lowest BCUT2D eigenvalue weighted by atomic mass is 10.4. The molecule has 3 nitrogen and oxygen atoms in total. The molecule has 0 radical (unpaired) electrons. The number of methoxy groups -OCH3 is 1. The average Bonchev–Trinajstić information content (AvgIpc) is 2.17. The zero-order valence-electron chi connectivity index (χ0n) is 8.66. The molecule has 4 heteroatoms. The van der Waals surface area contributed by atoms with Crippen LogP contribution in [-0.2, 0) is 4.74 Å². The van der Waals surface area contributed by atoms with Gasteiger partial charge in [-0.05, 0) is 22.4 Å². The van der Waals surface area contributed by atoms with Crippen molar-refractivity contribution in [3.05, 3.63) is 36.6 Å². The summed E-state index contributed by atoms with van der Waals surface area (Å²) in [6.45, 7) is 5.99. The second-order valence-electron chi connectivity index (χ2n) is 2.68. The Morgan fingerprint density at radius 3 is 2.71 bits per heavy atom. The Balaban J connectivity index is 4.16. The SMILES string of the molecule is C=C/C=C\C=C(/C)N(P)CC(=N)OC. The predicted molar refractivity (Wildman–Crippen MR) is 64.2 cm³/mol. The molecule has 0 spiro atoms. The average molecular weight is 212 g/mol. The van der Waals surface area contributed by atoms with Gasteiger partial charge in [0.2, 0.25) is 5.90 Å². The first-order chi connectivity index (χ1) is 6.61. The maximum absolute atomic E-state index is 7.34. The Bertz CT molecular complexity index is 259. The summed E-state index contributed by atoms with van der Waals surface area (Å²) in [6.07, 6.45) is 7.41. The second-order valence-corrected chi connectivity index (χ2v) is 3.31. The molecule has 0 aliphatic rings. The minimum Gasteiger partial charge on any atom is -0.483 e. The van der Waals surface area contributed by atoms with Crippen LogP contribution < -0.4 is 0 Å². The largest absolute Gasteiger partial charge is 0.483 e. The van der Waals surface area contributed by atoms with Gasteiger partial charge in [0, 0.05) is 5.70 Å². The van der Waals surface area contributed by atoms with Crippen molar-refractivity contribution < 1.29 is 4.74 Å². The molecule has 0 aliphatic carbocycles. The molecular weight excluding hydrogens is 195 g/mol. The summed E-state index contributed by atoms with van der Waals surface area (Å²) in [5, 5.41) is 7.34. The maximum Gasteiger partial charge on any atom is 0.200 e. The molecule has 0 aliphatic heterocycles. The summed E-state index contributed by atoms with van der Waals surface area (Å²) in [4.78, 5) is 0. The molecule has 0 aromatic heterocycles. The lowest BCUT2D eigenvalue weighted by Gasteiger charge is -2.18. The molecule has 0 saturated carbocycles. The third-order valence-corrected chi connectivity index (χ3v) is 2.19. The van der Waals surface area contributed by atoms with Crippen molar-refractivity contribution >= 4 is 15.3 Å². The van der Waals surface area contributed by atoms with Gasteiger partial charge in [-0.1, -0.05) is 24.8 Å². The van der Waals surface area contributed by atoms with E-state index in [4.69, 9.17) is 10.1 Å². The highest BCUT2D eigenvalue weighted by Gasteiger charge is 2.01. The van der Waals surface area contributed by atoms with Gasteiger partial charge in [0.05, 0.1) is 13.7 Å². The summed E-state index contributed by atoms with van der Waals surface area (Å²) in [7, 11) is 4.04. The molecule has 1 N–H and O–H groups in total. The Kier molecular flexibility index (Phi) is 6.77. The smallest absolute Gasteiger partial charge is 0.200 e. The monoisotopic (exact) mass is 212 g/mol. The molecule has 1 unspecified atom stereocenters. The number of ether oxygens (including phenoxy) is 1. The number of nitrogens with zero attached hydrogens (tertiary/aromatic N) is 1. The van der Waals surface area contributed by atoms with Crippen LogP contribution in [0.2, 0.25) is 0 Å². The molecule has 0 rings (SSSR count). The van der Waals surface area contributed by atoms with Gasteiger partial charge in [0.1, 0.15) is 0 Å². The van der Waals surface area contributed by atoms with Crippen molar-refractivity contribution in [2.45, 2.75) is 6.92 Å². The third kappa shape index (κ3) is 5.55. The number of allylic oxidation sites excluding steroid dienone is 5. The van der Waals surface area contributed by atoms with Gasteiger partial charge < -0.3 is 9.41 Å². The maximum atomic E-state index is 7.34. The molecule has 0 aromatic rings. The Morgan fingerprint density at radius 1 is 1.57 bits per heavy atom. The number of nitrogens with one attached hydrogen (secondary N) is 1. The minimum atomic E-state index is 0.237. The van der Waals surface area contributed by atoms with Crippen LogP contribution in [-0.4, -0.2) is 24.2 Å². The van der Waals surface area contributed by atoms with Gasteiger partial charge in [-0.2, -0.15) is 0 Å². The van der Waals surface area contributed by atoms with Gasteiger partial charge in [-0.15, -0.1) is 0 Å². The molecule has 0 saturated heterocycles. The normalized spacial score (nSPS) is 11.5.